The summed E-state index contributed by atoms with van der Waals surface area (Å²) in [7, 11) is 0. The molecule has 0 aliphatic heterocycles. The van der Waals surface area contributed by atoms with E-state index in [4.69, 9.17) is 0 Å². The van der Waals surface area contributed by atoms with Gasteiger partial charge in [-0.2, -0.15) is 0 Å². The zero-order valence-electron chi connectivity index (χ0n) is 14.8. The minimum atomic E-state index is 0.426. The molecule has 0 saturated carbocycles. The Hall–Kier alpha value is -2.08. The fourth-order valence-corrected chi connectivity index (χ4v) is 4.37. The van der Waals surface area contributed by atoms with E-state index < -0.39 is 0 Å². The van der Waals surface area contributed by atoms with Crippen molar-refractivity contribution in [3.63, 3.8) is 0 Å². The first-order chi connectivity index (χ1) is 11.7. The van der Waals surface area contributed by atoms with Gasteiger partial charge in [-0.3, -0.25) is 0 Å². The van der Waals surface area contributed by atoms with Gasteiger partial charge < -0.3 is 0 Å². The predicted octanol–water partition coefficient (Wildman–Crippen LogP) is 6.48. The van der Waals surface area contributed by atoms with Crippen LogP contribution in [0.25, 0.3) is 12.2 Å². The van der Waals surface area contributed by atoms with Gasteiger partial charge in [0.25, 0.3) is 0 Å². The van der Waals surface area contributed by atoms with E-state index in [2.05, 4.69) is 81.5 Å². The first-order valence-corrected chi connectivity index (χ1v) is 9.09. The van der Waals surface area contributed by atoms with Gasteiger partial charge in [-0.1, -0.05) is 92.6 Å². The number of hydrogen-bond acceptors (Lipinski definition) is 0. The van der Waals surface area contributed by atoms with Crippen LogP contribution in [0.5, 0.6) is 0 Å². The monoisotopic (exact) mass is 312 g/mol. The van der Waals surface area contributed by atoms with Gasteiger partial charge in [0.2, 0.25) is 0 Å². The molecule has 2 aliphatic rings. The van der Waals surface area contributed by atoms with Gasteiger partial charge in [0.15, 0.2) is 0 Å². The molecule has 0 saturated heterocycles. The van der Waals surface area contributed by atoms with Crippen LogP contribution in [0.2, 0.25) is 0 Å². The van der Waals surface area contributed by atoms with Crippen molar-refractivity contribution in [2.45, 2.75) is 33.6 Å². The summed E-state index contributed by atoms with van der Waals surface area (Å²) in [6.45, 7) is 6.93. The third-order valence-electron chi connectivity index (χ3n) is 5.48. The summed E-state index contributed by atoms with van der Waals surface area (Å²) in [5.74, 6) is 3.48. The van der Waals surface area contributed by atoms with Crippen LogP contribution in [0.1, 0.15) is 55.9 Å². The van der Waals surface area contributed by atoms with Crippen LogP contribution in [0, 0.1) is 17.8 Å². The summed E-state index contributed by atoms with van der Waals surface area (Å²) in [6, 6.07) is 17.7. The van der Waals surface area contributed by atoms with Crippen molar-refractivity contribution in [3.8, 4) is 0 Å². The van der Waals surface area contributed by atoms with E-state index in [1.165, 1.54) is 45.2 Å². The molecule has 2 aromatic carbocycles. The fraction of sp³-hybridized carbons (Fsp3) is 0.250. The highest BCUT2D eigenvalue weighted by Gasteiger charge is 2.38. The quantitative estimate of drug-likeness (QED) is 0.606. The second kappa shape index (κ2) is 6.09. The Bertz CT molecular complexity index is 752. The number of benzene rings is 2. The van der Waals surface area contributed by atoms with Gasteiger partial charge in [0.1, 0.15) is 0 Å². The van der Waals surface area contributed by atoms with Crippen molar-refractivity contribution < 1.29 is 0 Å². The maximum atomic E-state index is 2.39. The fourth-order valence-electron chi connectivity index (χ4n) is 4.37. The smallest absolute Gasteiger partial charge is 0.0345 e. The molecule has 0 heteroatoms. The molecule has 0 amide bonds. The second-order valence-electron chi connectivity index (χ2n) is 6.77. The Labute approximate surface area is 145 Å². The first kappa shape index (κ1) is 15.4. The number of hydrogen-bond donors (Lipinski definition) is 0. The van der Waals surface area contributed by atoms with Crippen LogP contribution in [-0.2, 0) is 0 Å². The van der Waals surface area contributed by atoms with Crippen LogP contribution in [-0.4, -0.2) is 0 Å². The van der Waals surface area contributed by atoms with Crippen molar-refractivity contribution in [2.24, 2.45) is 5.92 Å². The molecule has 0 fully saturated rings. The summed E-state index contributed by atoms with van der Waals surface area (Å²) < 4.78 is 0. The Morgan fingerprint density at radius 1 is 0.667 bits per heavy atom. The van der Waals surface area contributed by atoms with E-state index in [0.717, 1.165) is 12.8 Å². The van der Waals surface area contributed by atoms with Crippen molar-refractivity contribution in [3.05, 3.63) is 93.8 Å². The van der Waals surface area contributed by atoms with Crippen LogP contribution in [0.4, 0.5) is 0 Å². The highest BCUT2D eigenvalue weighted by atomic mass is 14.4. The third kappa shape index (κ3) is 2.28. The molecule has 4 rings (SSSR count). The molecule has 0 N–H and O–H groups in total. The maximum Gasteiger partial charge on any atom is 0.0345 e. The zero-order valence-corrected chi connectivity index (χ0v) is 14.8. The normalized spacial score (nSPS) is 17.0. The molecule has 0 heterocycles. The second-order valence-corrected chi connectivity index (χ2v) is 6.77. The van der Waals surface area contributed by atoms with Crippen LogP contribution < -0.4 is 0 Å². The Morgan fingerprint density at radius 2 is 1.08 bits per heavy atom. The summed E-state index contributed by atoms with van der Waals surface area (Å²) in [4.78, 5) is 0. The highest BCUT2D eigenvalue weighted by molar-refractivity contribution is 5.78. The lowest BCUT2D eigenvalue weighted by atomic mass is 9.72. The molecule has 2 aliphatic carbocycles. The van der Waals surface area contributed by atoms with Crippen LogP contribution in [0.15, 0.2) is 59.7 Å². The van der Waals surface area contributed by atoms with Gasteiger partial charge >= 0.3 is 0 Å². The molecular formula is C24H24. The molecule has 2 radical (unpaired) electrons. The van der Waals surface area contributed by atoms with Gasteiger partial charge in [-0.25, -0.2) is 0 Å². The number of allylic oxidation sites excluding steroid dienone is 2. The van der Waals surface area contributed by atoms with E-state index in [1.807, 2.05) is 0 Å². The summed E-state index contributed by atoms with van der Waals surface area (Å²) >= 11 is 0. The van der Waals surface area contributed by atoms with Gasteiger partial charge in [0, 0.05) is 11.8 Å². The third-order valence-corrected chi connectivity index (χ3v) is 5.48. The van der Waals surface area contributed by atoms with Crippen LogP contribution >= 0.6 is 0 Å². The first-order valence-electron chi connectivity index (χ1n) is 9.09. The number of rotatable bonds is 4. The average molecular weight is 312 g/mol. The van der Waals surface area contributed by atoms with Crippen molar-refractivity contribution in [1.29, 1.82) is 0 Å². The summed E-state index contributed by atoms with van der Waals surface area (Å²) in [6.07, 6.45) is 6.96. The van der Waals surface area contributed by atoms with Gasteiger partial charge in [0.05, 0.1) is 0 Å². The molecule has 0 spiro atoms. The van der Waals surface area contributed by atoms with E-state index in [9.17, 15) is 0 Å². The molecule has 0 nitrogen and oxygen atoms in total. The van der Waals surface area contributed by atoms with Gasteiger partial charge in [-0.05, 0) is 41.0 Å². The zero-order chi connectivity index (χ0) is 16.7. The molecule has 0 aromatic heterocycles. The summed E-state index contributed by atoms with van der Waals surface area (Å²) in [5, 5.41) is 0. The van der Waals surface area contributed by atoms with Crippen molar-refractivity contribution >= 4 is 12.2 Å². The topological polar surface area (TPSA) is 0 Å². The molecule has 0 atom stereocenters. The van der Waals surface area contributed by atoms with Crippen molar-refractivity contribution in [1.82, 2.24) is 0 Å². The van der Waals surface area contributed by atoms with Crippen molar-refractivity contribution in [2.75, 3.05) is 0 Å². The standard InChI is InChI=1S/C24H24/c1-4-17-14-19-10-6-8-12-21(19)23(17)16(3)24-18(5-2)15-20-11-7-9-13-22(20)24/h6-16H,4-5H2,1-3H3. The number of fused-ring (bicyclic) bond motifs is 2. The maximum absolute atomic E-state index is 2.39. The van der Waals surface area contributed by atoms with E-state index >= 15 is 0 Å². The lowest BCUT2D eigenvalue weighted by molar-refractivity contribution is 0.670. The van der Waals surface area contributed by atoms with Gasteiger partial charge in [-0.15, -0.1) is 0 Å². The molecule has 0 unspecified atom stereocenters. The molecule has 0 bridgehead atoms. The molecule has 2 aromatic rings. The van der Waals surface area contributed by atoms with Crippen LogP contribution in [0.3, 0.4) is 0 Å². The SMILES string of the molecule is CCC1=Cc2ccccc2[C]1C(C)[C]1C(CC)=Cc2ccccc21. The predicted molar refractivity (Wildman–Crippen MR) is 103 cm³/mol. The Morgan fingerprint density at radius 3 is 1.50 bits per heavy atom. The minimum Gasteiger partial charge on any atom is -0.0619 e. The lowest BCUT2D eigenvalue weighted by Gasteiger charge is -2.30. The largest absolute Gasteiger partial charge is 0.0619 e. The van der Waals surface area contributed by atoms with E-state index in [-0.39, 0.29) is 0 Å². The Balaban J connectivity index is 1.77. The lowest BCUT2D eigenvalue weighted by Crippen LogP contribution is -2.20. The molecule has 24 heavy (non-hydrogen) atoms. The minimum absolute atomic E-state index is 0.426. The highest BCUT2D eigenvalue weighted by Crippen LogP contribution is 2.51. The summed E-state index contributed by atoms with van der Waals surface area (Å²) in [5.41, 5.74) is 8.60. The van der Waals surface area contributed by atoms with E-state index in [1.54, 1.807) is 0 Å². The Kier molecular flexibility index (Phi) is 3.92. The average Bonchev–Trinajstić information content (AvgIpc) is 3.18. The van der Waals surface area contributed by atoms with E-state index in [0.29, 0.717) is 5.92 Å². The molecular weight excluding hydrogens is 288 g/mol. The molecule has 120 valence electrons.